The van der Waals surface area contributed by atoms with Crippen molar-refractivity contribution in [3.05, 3.63) is 131 Å². The fourth-order valence-corrected chi connectivity index (χ4v) is 3.76. The zero-order valence-electron chi connectivity index (χ0n) is 24.6. The molecule has 4 aromatic rings. The summed E-state index contributed by atoms with van der Waals surface area (Å²) < 4.78 is 88.9. The summed E-state index contributed by atoms with van der Waals surface area (Å²) in [7, 11) is 2.76. The summed E-state index contributed by atoms with van der Waals surface area (Å²) in [5, 5.41) is 10.2. The number of aldehydes is 1. The first-order valence-corrected chi connectivity index (χ1v) is 13.7. The first-order valence-electron chi connectivity index (χ1n) is 13.7. The fourth-order valence-electron chi connectivity index (χ4n) is 3.76. The van der Waals surface area contributed by atoms with E-state index in [1.807, 2.05) is 18.2 Å². The van der Waals surface area contributed by atoms with Crippen LogP contribution in [0.2, 0.25) is 0 Å². The van der Waals surface area contributed by atoms with Crippen LogP contribution >= 0.6 is 0 Å². The Hall–Kier alpha value is -4.35. The number of hydrogen-bond donors (Lipinski definition) is 1. The van der Waals surface area contributed by atoms with Crippen LogP contribution in [0.15, 0.2) is 103 Å². The molecule has 45 heavy (non-hydrogen) atoms. The molecule has 1 atom stereocenters. The molecule has 11 heteroatoms. The van der Waals surface area contributed by atoms with Gasteiger partial charge in [0.25, 0.3) is 0 Å². The molecule has 242 valence electrons. The summed E-state index contributed by atoms with van der Waals surface area (Å²) >= 11 is 0. The van der Waals surface area contributed by atoms with Crippen molar-refractivity contribution in [2.75, 3.05) is 27.4 Å². The van der Waals surface area contributed by atoms with Gasteiger partial charge >= 0.3 is 12.4 Å². The van der Waals surface area contributed by atoms with Gasteiger partial charge in [-0.2, -0.15) is 26.3 Å². The number of alkyl halides is 6. The standard InChI is InChI=1S/C15H13F3O2.C8H7F3O.C7H6O.C4H8O/c1-20-13-8-7-11(15(16,17)18)9-12(13)14(19)10-5-3-2-4-6-10;1-12-7-4-2-6(3-5-7)8(9,10)11;8-6-7-4-2-1-3-5-7;1-2-4-5-3-1/h2-9,14,19H,1H3;2-5H,1H3;1-6H;1-4H2. The van der Waals surface area contributed by atoms with Gasteiger partial charge in [0.2, 0.25) is 0 Å². The number of aliphatic hydroxyl groups excluding tert-OH is 1. The van der Waals surface area contributed by atoms with Gasteiger partial charge in [0.15, 0.2) is 0 Å². The highest BCUT2D eigenvalue weighted by molar-refractivity contribution is 5.74. The maximum absolute atomic E-state index is 12.7. The number of benzene rings is 4. The van der Waals surface area contributed by atoms with Crippen molar-refractivity contribution in [3.63, 3.8) is 0 Å². The van der Waals surface area contributed by atoms with Gasteiger partial charge in [-0.3, -0.25) is 4.79 Å². The zero-order chi connectivity index (χ0) is 33.3. The molecule has 0 bridgehead atoms. The molecule has 1 unspecified atom stereocenters. The molecule has 5 rings (SSSR count). The van der Waals surface area contributed by atoms with Crippen LogP contribution in [-0.4, -0.2) is 38.8 Å². The zero-order valence-corrected chi connectivity index (χ0v) is 24.6. The summed E-state index contributed by atoms with van der Waals surface area (Å²) in [4.78, 5) is 10.0. The van der Waals surface area contributed by atoms with Crippen molar-refractivity contribution in [1.29, 1.82) is 0 Å². The lowest BCUT2D eigenvalue weighted by Gasteiger charge is -2.17. The van der Waals surface area contributed by atoms with Crippen molar-refractivity contribution in [3.8, 4) is 11.5 Å². The quantitative estimate of drug-likeness (QED) is 0.175. The van der Waals surface area contributed by atoms with Crippen LogP contribution in [-0.2, 0) is 17.1 Å². The molecule has 5 nitrogen and oxygen atoms in total. The predicted octanol–water partition coefficient (Wildman–Crippen LogP) is 8.81. The van der Waals surface area contributed by atoms with Crippen LogP contribution in [0.1, 0.15) is 51.6 Å². The van der Waals surface area contributed by atoms with E-state index in [-0.39, 0.29) is 11.3 Å². The first-order chi connectivity index (χ1) is 21.4. The summed E-state index contributed by atoms with van der Waals surface area (Å²) in [6.45, 7) is 2.00. The Morgan fingerprint density at radius 2 is 1.22 bits per heavy atom. The molecule has 4 aromatic carbocycles. The summed E-state index contributed by atoms with van der Waals surface area (Å²) in [5.41, 5.74) is -0.155. The smallest absolute Gasteiger partial charge is 0.416 e. The van der Waals surface area contributed by atoms with Gasteiger partial charge < -0.3 is 19.3 Å². The van der Waals surface area contributed by atoms with Crippen molar-refractivity contribution in [1.82, 2.24) is 0 Å². The molecule has 1 fully saturated rings. The van der Waals surface area contributed by atoms with Crippen molar-refractivity contribution in [2.45, 2.75) is 31.3 Å². The Kier molecular flexibility index (Phi) is 15.1. The normalized spacial score (nSPS) is 13.0. The van der Waals surface area contributed by atoms with E-state index < -0.39 is 29.6 Å². The highest BCUT2D eigenvalue weighted by Gasteiger charge is 2.32. The van der Waals surface area contributed by atoms with Gasteiger partial charge in [0, 0.05) is 24.3 Å². The Morgan fingerprint density at radius 1 is 0.711 bits per heavy atom. The predicted molar refractivity (Wildman–Crippen MR) is 158 cm³/mol. The second-order valence-corrected chi connectivity index (χ2v) is 9.34. The second kappa shape index (κ2) is 18.5. The maximum atomic E-state index is 12.7. The number of halogens is 6. The van der Waals surface area contributed by atoms with Gasteiger partial charge in [-0.25, -0.2) is 0 Å². The molecular weight excluding hydrogens is 602 g/mol. The topological polar surface area (TPSA) is 65.0 Å². The Balaban J connectivity index is 0.000000237. The second-order valence-electron chi connectivity index (χ2n) is 9.34. The first kappa shape index (κ1) is 36.8. The third kappa shape index (κ3) is 13.0. The van der Waals surface area contributed by atoms with Crippen molar-refractivity contribution >= 4 is 6.29 Å². The minimum Gasteiger partial charge on any atom is -0.497 e. The van der Waals surface area contributed by atoms with E-state index in [1.54, 1.807) is 42.5 Å². The molecular formula is C34H34F6O5. The highest BCUT2D eigenvalue weighted by atomic mass is 19.4. The van der Waals surface area contributed by atoms with Crippen LogP contribution in [0.5, 0.6) is 11.5 Å². The van der Waals surface area contributed by atoms with Gasteiger partial charge in [0.05, 0.1) is 25.3 Å². The summed E-state index contributed by atoms with van der Waals surface area (Å²) in [5.74, 6) is 0.636. The molecule has 0 radical (unpaired) electrons. The average Bonchev–Trinajstić information content (AvgIpc) is 3.65. The van der Waals surface area contributed by atoms with E-state index in [2.05, 4.69) is 0 Å². The van der Waals surface area contributed by atoms with E-state index in [4.69, 9.17) is 14.2 Å². The van der Waals surface area contributed by atoms with E-state index >= 15 is 0 Å². The number of aliphatic hydroxyl groups is 1. The molecule has 1 N–H and O–H groups in total. The number of methoxy groups -OCH3 is 2. The number of hydrogen-bond acceptors (Lipinski definition) is 5. The van der Waals surface area contributed by atoms with Gasteiger partial charge in [0.1, 0.15) is 23.9 Å². The maximum Gasteiger partial charge on any atom is 0.416 e. The van der Waals surface area contributed by atoms with Crippen molar-refractivity contribution < 1.29 is 50.5 Å². The molecule has 0 saturated carbocycles. The van der Waals surface area contributed by atoms with E-state index in [1.165, 1.54) is 45.3 Å². The largest absolute Gasteiger partial charge is 0.497 e. The lowest BCUT2D eigenvalue weighted by Crippen LogP contribution is -2.09. The van der Waals surface area contributed by atoms with Crippen LogP contribution in [0, 0.1) is 0 Å². The average molecular weight is 637 g/mol. The number of ether oxygens (including phenoxy) is 3. The molecule has 1 heterocycles. The minimum absolute atomic E-state index is 0.0912. The lowest BCUT2D eigenvalue weighted by atomic mass is 9.98. The Morgan fingerprint density at radius 3 is 1.62 bits per heavy atom. The molecule has 0 aliphatic carbocycles. The van der Waals surface area contributed by atoms with Gasteiger partial charge in [-0.1, -0.05) is 60.7 Å². The summed E-state index contributed by atoms with van der Waals surface area (Å²) in [6.07, 6.45) is -6.52. The number of carbonyl (C=O) groups is 1. The van der Waals surface area contributed by atoms with Crippen LogP contribution in [0.3, 0.4) is 0 Å². The fraction of sp³-hybridized carbons (Fsp3) is 0.265. The van der Waals surface area contributed by atoms with Gasteiger partial charge in [-0.15, -0.1) is 0 Å². The monoisotopic (exact) mass is 636 g/mol. The Bertz CT molecular complexity index is 1380. The van der Waals surface area contributed by atoms with E-state index in [0.29, 0.717) is 11.3 Å². The van der Waals surface area contributed by atoms with E-state index in [9.17, 15) is 36.2 Å². The number of carbonyl (C=O) groups excluding carboxylic acids is 1. The SMILES string of the molecule is C1CCOC1.COc1ccc(C(F)(F)F)cc1.COc1ccc(C(F)(F)F)cc1C(O)c1ccccc1.O=Cc1ccccc1. The lowest BCUT2D eigenvalue weighted by molar-refractivity contribution is -0.138. The molecule has 0 amide bonds. The Labute approximate surface area is 258 Å². The molecule has 1 saturated heterocycles. The molecule has 1 aliphatic heterocycles. The van der Waals surface area contributed by atoms with Crippen LogP contribution < -0.4 is 9.47 Å². The third-order valence-electron chi connectivity index (χ3n) is 6.15. The van der Waals surface area contributed by atoms with Crippen LogP contribution in [0.25, 0.3) is 0 Å². The molecule has 0 spiro atoms. The molecule has 1 aliphatic rings. The minimum atomic E-state index is -4.46. The van der Waals surface area contributed by atoms with E-state index in [0.717, 1.165) is 49.3 Å². The molecule has 0 aromatic heterocycles. The van der Waals surface area contributed by atoms with Crippen LogP contribution in [0.4, 0.5) is 26.3 Å². The number of rotatable bonds is 5. The summed E-state index contributed by atoms with van der Waals surface area (Å²) in [6, 6.07) is 25.1. The van der Waals surface area contributed by atoms with Gasteiger partial charge in [-0.05, 0) is 60.9 Å². The third-order valence-corrected chi connectivity index (χ3v) is 6.15. The van der Waals surface area contributed by atoms with Crippen molar-refractivity contribution in [2.24, 2.45) is 0 Å². The highest BCUT2D eigenvalue weighted by Crippen LogP contribution is 2.36.